The topological polar surface area (TPSA) is 84.3 Å². The zero-order valence-corrected chi connectivity index (χ0v) is 18.8. The summed E-state index contributed by atoms with van der Waals surface area (Å²) in [6, 6.07) is 21.7. The van der Waals surface area contributed by atoms with Gasteiger partial charge in [-0.3, -0.25) is 4.79 Å². The van der Waals surface area contributed by atoms with E-state index in [-0.39, 0.29) is 18.1 Å². The van der Waals surface area contributed by atoms with Crippen LogP contribution < -0.4 is 10.1 Å². The fourth-order valence-corrected chi connectivity index (χ4v) is 3.43. The van der Waals surface area contributed by atoms with Crippen LogP contribution in [-0.4, -0.2) is 28.1 Å². The van der Waals surface area contributed by atoms with Gasteiger partial charge in [0.05, 0.1) is 25.4 Å². The molecule has 32 heavy (non-hydrogen) atoms. The van der Waals surface area contributed by atoms with Gasteiger partial charge in [0.2, 0.25) is 5.91 Å². The van der Waals surface area contributed by atoms with E-state index in [1.165, 1.54) is 0 Å². The Morgan fingerprint density at radius 1 is 0.969 bits per heavy atom. The number of phenolic OH excluding ortho intramolecular Hbond substituents is 1. The maximum atomic E-state index is 12.7. The summed E-state index contributed by atoms with van der Waals surface area (Å²) in [5.41, 5.74) is 3.65. The molecule has 1 aromatic heterocycles. The summed E-state index contributed by atoms with van der Waals surface area (Å²) in [6.45, 7) is 0. The molecule has 1 amide bonds. The van der Waals surface area contributed by atoms with E-state index in [9.17, 15) is 9.90 Å². The molecule has 0 unspecified atom stereocenters. The quantitative estimate of drug-likeness (QED) is 0.375. The van der Waals surface area contributed by atoms with Crippen molar-refractivity contribution in [1.82, 2.24) is 9.97 Å². The first-order valence-electron chi connectivity index (χ1n) is 9.87. The lowest BCUT2D eigenvalue weighted by Crippen LogP contribution is -2.16. The number of halogens is 1. The van der Waals surface area contributed by atoms with Gasteiger partial charge in [0.1, 0.15) is 17.2 Å². The van der Waals surface area contributed by atoms with Gasteiger partial charge >= 0.3 is 0 Å². The highest BCUT2D eigenvalue weighted by atomic mass is 79.9. The van der Waals surface area contributed by atoms with Gasteiger partial charge in [-0.25, -0.2) is 9.97 Å². The summed E-state index contributed by atoms with van der Waals surface area (Å²) < 4.78 is 6.17. The Morgan fingerprint density at radius 2 is 1.62 bits per heavy atom. The predicted octanol–water partition coefficient (Wildman–Crippen LogP) is 5.47. The van der Waals surface area contributed by atoms with Gasteiger partial charge in [-0.05, 0) is 66.2 Å². The Kier molecular flexibility index (Phi) is 6.47. The Bertz CT molecular complexity index is 1230. The van der Waals surface area contributed by atoms with Crippen molar-refractivity contribution in [2.24, 2.45) is 0 Å². The van der Waals surface area contributed by atoms with E-state index < -0.39 is 0 Å². The second-order valence-corrected chi connectivity index (χ2v) is 7.99. The number of methoxy groups -OCH3 is 1. The van der Waals surface area contributed by atoms with Crippen LogP contribution in [0.3, 0.4) is 0 Å². The molecule has 0 bridgehead atoms. The highest BCUT2D eigenvalue weighted by molar-refractivity contribution is 9.10. The van der Waals surface area contributed by atoms with E-state index in [2.05, 4.69) is 26.2 Å². The number of anilines is 1. The minimum atomic E-state index is -0.196. The first kappa shape index (κ1) is 21.5. The molecule has 0 aliphatic rings. The fourth-order valence-electron chi connectivity index (χ4n) is 3.17. The summed E-state index contributed by atoms with van der Waals surface area (Å²) in [5, 5.41) is 12.5. The summed E-state index contributed by atoms with van der Waals surface area (Å²) in [6.07, 6.45) is 1.84. The van der Waals surface area contributed by atoms with Gasteiger partial charge in [-0.2, -0.15) is 0 Å². The number of carbonyl (C=O) groups is 1. The monoisotopic (exact) mass is 489 g/mol. The molecule has 0 saturated heterocycles. The van der Waals surface area contributed by atoms with Crippen molar-refractivity contribution in [3.05, 3.63) is 89.0 Å². The SMILES string of the molecule is COc1ccc(-c2cnc(NC(=O)Cc3ccc(Br)cc3)c(-c3ccc(O)cc3)n2)cc1. The molecular weight excluding hydrogens is 470 g/mol. The Labute approximate surface area is 194 Å². The minimum absolute atomic E-state index is 0.147. The molecule has 4 aromatic rings. The van der Waals surface area contributed by atoms with Crippen LogP contribution in [0.1, 0.15) is 5.56 Å². The van der Waals surface area contributed by atoms with Gasteiger partial charge < -0.3 is 15.2 Å². The second kappa shape index (κ2) is 9.62. The number of phenols is 1. The normalized spacial score (nSPS) is 10.6. The number of amides is 1. The Morgan fingerprint density at radius 3 is 2.28 bits per heavy atom. The standard InChI is InChI=1S/C25H20BrN3O3/c1-32-21-12-6-17(7-13-21)22-15-27-25(24(28-22)18-4-10-20(30)11-5-18)29-23(31)14-16-2-8-19(26)9-3-16/h2-13,15,30H,14H2,1H3,(H,27,29,31). The number of hydrogen-bond donors (Lipinski definition) is 2. The minimum Gasteiger partial charge on any atom is -0.508 e. The molecule has 0 fully saturated rings. The van der Waals surface area contributed by atoms with E-state index >= 15 is 0 Å². The van der Waals surface area contributed by atoms with E-state index in [1.54, 1.807) is 37.6 Å². The third kappa shape index (κ3) is 5.12. The maximum absolute atomic E-state index is 12.7. The van der Waals surface area contributed by atoms with Crippen molar-refractivity contribution in [2.75, 3.05) is 12.4 Å². The van der Waals surface area contributed by atoms with Crippen molar-refractivity contribution >= 4 is 27.7 Å². The van der Waals surface area contributed by atoms with Gasteiger partial charge in [0.15, 0.2) is 5.82 Å². The first-order valence-corrected chi connectivity index (χ1v) is 10.7. The van der Waals surface area contributed by atoms with Crippen molar-refractivity contribution in [1.29, 1.82) is 0 Å². The number of hydrogen-bond acceptors (Lipinski definition) is 5. The molecule has 4 rings (SSSR count). The molecule has 7 heteroatoms. The molecular formula is C25H20BrN3O3. The van der Waals surface area contributed by atoms with Crippen molar-refractivity contribution in [3.8, 4) is 34.0 Å². The van der Waals surface area contributed by atoms with Crippen LogP contribution in [0, 0.1) is 0 Å². The smallest absolute Gasteiger partial charge is 0.230 e. The van der Waals surface area contributed by atoms with E-state index in [0.29, 0.717) is 17.2 Å². The lowest BCUT2D eigenvalue weighted by molar-refractivity contribution is -0.115. The van der Waals surface area contributed by atoms with E-state index in [0.717, 1.165) is 26.9 Å². The van der Waals surface area contributed by atoms with Crippen LogP contribution in [0.5, 0.6) is 11.5 Å². The molecule has 3 aromatic carbocycles. The molecule has 2 N–H and O–H groups in total. The van der Waals surface area contributed by atoms with Crippen molar-refractivity contribution in [2.45, 2.75) is 6.42 Å². The number of benzene rings is 3. The highest BCUT2D eigenvalue weighted by Crippen LogP contribution is 2.29. The number of ether oxygens (including phenoxy) is 1. The third-order valence-corrected chi connectivity index (χ3v) is 5.36. The zero-order valence-electron chi connectivity index (χ0n) is 17.2. The van der Waals surface area contributed by atoms with Crippen LogP contribution in [0.2, 0.25) is 0 Å². The summed E-state index contributed by atoms with van der Waals surface area (Å²) in [5.74, 6) is 1.06. The highest BCUT2D eigenvalue weighted by Gasteiger charge is 2.15. The summed E-state index contributed by atoms with van der Waals surface area (Å²) in [4.78, 5) is 21.9. The van der Waals surface area contributed by atoms with E-state index in [4.69, 9.17) is 9.72 Å². The second-order valence-electron chi connectivity index (χ2n) is 7.08. The van der Waals surface area contributed by atoms with E-state index in [1.807, 2.05) is 48.5 Å². The third-order valence-electron chi connectivity index (χ3n) is 4.83. The summed E-state index contributed by atoms with van der Waals surface area (Å²) >= 11 is 3.40. The number of nitrogens with one attached hydrogen (secondary N) is 1. The molecule has 0 aliphatic heterocycles. The molecule has 1 heterocycles. The average molecular weight is 490 g/mol. The Hall–Kier alpha value is -3.71. The fraction of sp³-hybridized carbons (Fsp3) is 0.0800. The number of aromatic hydroxyl groups is 1. The lowest BCUT2D eigenvalue weighted by atomic mass is 10.1. The molecule has 0 radical (unpaired) electrons. The van der Waals surface area contributed by atoms with Gasteiger partial charge in [-0.1, -0.05) is 28.1 Å². The summed E-state index contributed by atoms with van der Waals surface area (Å²) in [7, 11) is 1.61. The first-order chi connectivity index (χ1) is 15.5. The van der Waals surface area contributed by atoms with Crippen LogP contribution in [0.25, 0.3) is 22.5 Å². The van der Waals surface area contributed by atoms with Gasteiger partial charge in [-0.15, -0.1) is 0 Å². The van der Waals surface area contributed by atoms with Crippen molar-refractivity contribution < 1.29 is 14.6 Å². The van der Waals surface area contributed by atoms with Crippen LogP contribution in [0.15, 0.2) is 83.5 Å². The Balaban J connectivity index is 1.66. The molecule has 0 saturated carbocycles. The van der Waals surface area contributed by atoms with Gasteiger partial charge in [0.25, 0.3) is 0 Å². The number of aromatic nitrogens is 2. The van der Waals surface area contributed by atoms with Crippen LogP contribution in [-0.2, 0) is 11.2 Å². The largest absolute Gasteiger partial charge is 0.508 e. The van der Waals surface area contributed by atoms with Crippen molar-refractivity contribution in [3.63, 3.8) is 0 Å². The molecule has 160 valence electrons. The van der Waals surface area contributed by atoms with Crippen LogP contribution >= 0.6 is 15.9 Å². The molecule has 0 spiro atoms. The number of nitrogens with zero attached hydrogens (tertiary/aromatic N) is 2. The number of carbonyl (C=O) groups excluding carboxylic acids is 1. The molecule has 6 nitrogen and oxygen atoms in total. The van der Waals surface area contributed by atoms with Gasteiger partial charge in [0, 0.05) is 15.6 Å². The molecule has 0 aliphatic carbocycles. The zero-order chi connectivity index (χ0) is 22.5. The van der Waals surface area contributed by atoms with Crippen LogP contribution in [0.4, 0.5) is 5.82 Å². The maximum Gasteiger partial charge on any atom is 0.230 e. The number of rotatable bonds is 6. The average Bonchev–Trinajstić information content (AvgIpc) is 2.81. The lowest BCUT2D eigenvalue weighted by Gasteiger charge is -2.12. The predicted molar refractivity (Wildman–Crippen MR) is 128 cm³/mol. The molecule has 0 atom stereocenters.